The summed E-state index contributed by atoms with van der Waals surface area (Å²) in [6.45, 7) is 3.57. The number of aromatic nitrogens is 1. The molecule has 100 valence electrons. The van der Waals surface area contributed by atoms with E-state index in [1.165, 1.54) is 0 Å². The third-order valence-corrected chi connectivity index (χ3v) is 3.59. The van der Waals surface area contributed by atoms with Crippen LogP contribution in [0.25, 0.3) is 0 Å². The summed E-state index contributed by atoms with van der Waals surface area (Å²) in [6, 6.07) is 3.94. The zero-order valence-corrected chi connectivity index (χ0v) is 12.5. The van der Waals surface area contributed by atoms with E-state index in [2.05, 4.69) is 20.9 Å². The van der Waals surface area contributed by atoms with Crippen LogP contribution in [-0.4, -0.2) is 16.1 Å². The smallest absolute Gasteiger partial charge is 0.309 e. The number of hydrogen-bond acceptors (Lipinski definition) is 2. The number of hydrogen-bond donors (Lipinski definition) is 1. The van der Waals surface area contributed by atoms with Crippen LogP contribution < -0.4 is 0 Å². The van der Waals surface area contributed by atoms with E-state index >= 15 is 0 Å². The molecule has 1 aromatic rings. The molecule has 0 aromatic carbocycles. The van der Waals surface area contributed by atoms with Gasteiger partial charge in [0.2, 0.25) is 0 Å². The fourth-order valence-corrected chi connectivity index (χ4v) is 2.12. The van der Waals surface area contributed by atoms with Gasteiger partial charge in [-0.25, -0.2) is 0 Å². The van der Waals surface area contributed by atoms with E-state index in [1.807, 2.05) is 12.1 Å². The molecule has 1 N–H and O–H groups in total. The van der Waals surface area contributed by atoms with Gasteiger partial charge in [0, 0.05) is 16.4 Å². The lowest BCUT2D eigenvalue weighted by Crippen LogP contribution is -2.23. The highest BCUT2D eigenvalue weighted by Gasteiger charge is 2.25. The van der Waals surface area contributed by atoms with Crippen molar-refractivity contribution in [3.63, 3.8) is 0 Å². The van der Waals surface area contributed by atoms with Crippen LogP contribution in [0.3, 0.4) is 0 Å². The molecule has 0 amide bonds. The Morgan fingerprint density at radius 2 is 2.11 bits per heavy atom. The van der Waals surface area contributed by atoms with Gasteiger partial charge in [0.1, 0.15) is 0 Å². The Labute approximate surface area is 117 Å². The van der Waals surface area contributed by atoms with Crippen molar-refractivity contribution in [2.45, 2.75) is 46.0 Å². The maximum atomic E-state index is 10.9. The van der Waals surface area contributed by atoms with Crippen molar-refractivity contribution in [2.75, 3.05) is 0 Å². The fraction of sp³-hybridized carbons (Fsp3) is 0.571. The minimum absolute atomic E-state index is 0.603. The maximum absolute atomic E-state index is 10.9. The summed E-state index contributed by atoms with van der Waals surface area (Å²) in [7, 11) is 0. The van der Waals surface area contributed by atoms with E-state index in [4.69, 9.17) is 5.11 Å². The van der Waals surface area contributed by atoms with Crippen LogP contribution in [0.2, 0.25) is 0 Å². The van der Waals surface area contributed by atoms with E-state index in [1.54, 1.807) is 20.0 Å². The number of aliphatic carboxylic acids is 1. The molecule has 1 aromatic heterocycles. The number of carboxylic acid groups (broad SMARTS) is 1. The number of pyridine rings is 1. The van der Waals surface area contributed by atoms with E-state index in [-0.39, 0.29) is 0 Å². The van der Waals surface area contributed by atoms with E-state index in [0.717, 1.165) is 42.3 Å². The Morgan fingerprint density at radius 1 is 1.39 bits per heavy atom. The molecule has 0 radical (unpaired) electrons. The standard InChI is InChI=1S/C14H20BrNO2/c1-14(2,13(17)18)8-5-3-4-6-12-10-11(15)7-9-16-12/h7,9-10H,3-6,8H2,1-2H3,(H,17,18). The molecule has 0 unspecified atom stereocenters. The average Bonchev–Trinajstić information content (AvgIpc) is 2.28. The van der Waals surface area contributed by atoms with Gasteiger partial charge in [-0.2, -0.15) is 0 Å². The minimum Gasteiger partial charge on any atom is -0.481 e. The largest absolute Gasteiger partial charge is 0.481 e. The summed E-state index contributed by atoms with van der Waals surface area (Å²) in [5.41, 5.74) is 0.482. The number of halogens is 1. The Morgan fingerprint density at radius 3 is 2.72 bits per heavy atom. The second-order valence-corrected chi connectivity index (χ2v) is 6.13. The Bertz CT molecular complexity index is 405. The lowest BCUT2D eigenvalue weighted by Gasteiger charge is -2.18. The Kier molecular flexibility index (Phi) is 5.79. The van der Waals surface area contributed by atoms with Gasteiger partial charge >= 0.3 is 5.97 Å². The van der Waals surface area contributed by atoms with E-state index in [9.17, 15) is 4.79 Å². The van der Waals surface area contributed by atoms with Crippen molar-refractivity contribution in [1.82, 2.24) is 4.98 Å². The fourth-order valence-electron chi connectivity index (χ4n) is 1.74. The number of carbonyl (C=O) groups is 1. The molecule has 0 atom stereocenters. The first-order valence-electron chi connectivity index (χ1n) is 6.25. The van der Waals surface area contributed by atoms with Gasteiger partial charge in [0.15, 0.2) is 0 Å². The molecule has 0 bridgehead atoms. The summed E-state index contributed by atoms with van der Waals surface area (Å²) in [6.07, 6.45) is 6.53. The SMILES string of the molecule is CC(C)(CCCCCc1cc(Br)ccn1)C(=O)O. The first-order valence-corrected chi connectivity index (χ1v) is 7.05. The molecule has 0 aliphatic rings. The highest BCUT2D eigenvalue weighted by molar-refractivity contribution is 9.10. The molecule has 3 nitrogen and oxygen atoms in total. The topological polar surface area (TPSA) is 50.2 Å². The van der Waals surface area contributed by atoms with Crippen LogP contribution in [0.1, 0.15) is 45.2 Å². The molecule has 1 heterocycles. The van der Waals surface area contributed by atoms with Gasteiger partial charge in [-0.05, 0) is 45.2 Å². The molecular formula is C14H20BrNO2. The molecule has 18 heavy (non-hydrogen) atoms. The molecule has 0 aliphatic carbocycles. The van der Waals surface area contributed by atoms with Crippen LogP contribution in [0.15, 0.2) is 22.8 Å². The quantitative estimate of drug-likeness (QED) is 0.772. The van der Waals surface area contributed by atoms with Gasteiger partial charge in [-0.3, -0.25) is 9.78 Å². The summed E-state index contributed by atoms with van der Waals surface area (Å²) in [5.74, 6) is -0.712. The zero-order chi connectivity index (χ0) is 13.6. The maximum Gasteiger partial charge on any atom is 0.309 e. The molecular weight excluding hydrogens is 294 g/mol. The Hall–Kier alpha value is -0.900. The molecule has 0 fully saturated rings. The molecule has 0 saturated carbocycles. The first kappa shape index (κ1) is 15.2. The molecule has 0 saturated heterocycles. The van der Waals surface area contributed by atoms with Gasteiger partial charge in [0.25, 0.3) is 0 Å². The predicted molar refractivity (Wildman–Crippen MR) is 75.5 cm³/mol. The third-order valence-electron chi connectivity index (χ3n) is 3.09. The third kappa shape index (κ3) is 5.17. The predicted octanol–water partition coefficient (Wildman–Crippen LogP) is 4.06. The van der Waals surface area contributed by atoms with Crippen molar-refractivity contribution < 1.29 is 9.90 Å². The number of unbranched alkanes of at least 4 members (excludes halogenated alkanes) is 2. The van der Waals surface area contributed by atoms with Crippen molar-refractivity contribution in [1.29, 1.82) is 0 Å². The van der Waals surface area contributed by atoms with Crippen molar-refractivity contribution in [3.05, 3.63) is 28.5 Å². The van der Waals surface area contributed by atoms with Gasteiger partial charge in [0.05, 0.1) is 5.41 Å². The van der Waals surface area contributed by atoms with Crippen molar-refractivity contribution in [2.24, 2.45) is 5.41 Å². The number of nitrogens with zero attached hydrogens (tertiary/aromatic N) is 1. The number of carboxylic acids is 1. The molecule has 1 rings (SSSR count). The number of rotatable bonds is 7. The van der Waals surface area contributed by atoms with Crippen LogP contribution in [0.5, 0.6) is 0 Å². The summed E-state index contributed by atoms with van der Waals surface area (Å²) in [5, 5.41) is 8.99. The lowest BCUT2D eigenvalue weighted by molar-refractivity contribution is -0.147. The first-order chi connectivity index (χ1) is 8.42. The lowest BCUT2D eigenvalue weighted by atomic mass is 9.87. The average molecular weight is 314 g/mol. The minimum atomic E-state index is -0.712. The summed E-state index contributed by atoms with van der Waals surface area (Å²) >= 11 is 3.42. The van der Waals surface area contributed by atoms with Crippen molar-refractivity contribution >= 4 is 21.9 Å². The highest BCUT2D eigenvalue weighted by atomic mass is 79.9. The van der Waals surface area contributed by atoms with E-state index in [0.29, 0.717) is 0 Å². The summed E-state index contributed by atoms with van der Waals surface area (Å²) in [4.78, 5) is 15.2. The van der Waals surface area contributed by atoms with Crippen LogP contribution in [0, 0.1) is 5.41 Å². The monoisotopic (exact) mass is 313 g/mol. The van der Waals surface area contributed by atoms with E-state index < -0.39 is 11.4 Å². The highest BCUT2D eigenvalue weighted by Crippen LogP contribution is 2.24. The van der Waals surface area contributed by atoms with Crippen molar-refractivity contribution in [3.8, 4) is 0 Å². The molecule has 0 aliphatic heterocycles. The molecule has 4 heteroatoms. The van der Waals surface area contributed by atoms with Crippen LogP contribution >= 0.6 is 15.9 Å². The van der Waals surface area contributed by atoms with Crippen LogP contribution in [-0.2, 0) is 11.2 Å². The second kappa shape index (κ2) is 6.88. The normalized spacial score (nSPS) is 11.5. The van der Waals surface area contributed by atoms with Crippen LogP contribution in [0.4, 0.5) is 0 Å². The summed E-state index contributed by atoms with van der Waals surface area (Å²) < 4.78 is 1.06. The molecule has 0 spiro atoms. The number of aryl methyl sites for hydroxylation is 1. The van der Waals surface area contributed by atoms with Gasteiger partial charge in [-0.15, -0.1) is 0 Å². The zero-order valence-electron chi connectivity index (χ0n) is 10.9. The van der Waals surface area contributed by atoms with Gasteiger partial charge in [-0.1, -0.05) is 28.8 Å². The second-order valence-electron chi connectivity index (χ2n) is 5.22. The Balaban J connectivity index is 2.22. The van der Waals surface area contributed by atoms with Gasteiger partial charge < -0.3 is 5.11 Å².